The van der Waals surface area contributed by atoms with Crippen molar-refractivity contribution in [2.75, 3.05) is 0 Å². The molecule has 0 spiro atoms. The maximum Gasteiger partial charge on any atom is 0.161 e. The van der Waals surface area contributed by atoms with Crippen molar-refractivity contribution in [1.82, 2.24) is 0 Å². The van der Waals surface area contributed by atoms with Crippen LogP contribution in [0.1, 0.15) is 23.3 Å². The van der Waals surface area contributed by atoms with Crippen LogP contribution in [-0.4, -0.2) is 26.5 Å². The molecule has 0 radical (unpaired) electrons. The van der Waals surface area contributed by atoms with Crippen molar-refractivity contribution >= 4 is 0 Å². The van der Waals surface area contributed by atoms with E-state index in [1.54, 1.807) is 6.07 Å². The van der Waals surface area contributed by atoms with Gasteiger partial charge in [-0.2, -0.15) is 0 Å². The first-order valence-electron chi connectivity index (χ1n) is 6.45. The quantitative estimate of drug-likeness (QED) is 0.551. The lowest BCUT2D eigenvalue weighted by Gasteiger charge is -2.41. The second kappa shape index (κ2) is 3.95. The topological polar surface area (TPSA) is 99.4 Å². The number of rotatable bonds is 0. The fourth-order valence-corrected chi connectivity index (χ4v) is 2.83. The van der Waals surface area contributed by atoms with E-state index in [0.717, 1.165) is 0 Å². The summed E-state index contributed by atoms with van der Waals surface area (Å²) in [5, 5.41) is 39.1. The molecular formula is C15H12O6. The van der Waals surface area contributed by atoms with Gasteiger partial charge in [-0.05, 0) is 18.2 Å². The Kier molecular flexibility index (Phi) is 2.29. The molecule has 4 rings (SSSR count). The Balaban J connectivity index is 1.88. The standard InChI is InChI=1S/C15H12O6/c16-6-1-2-7-11(3-6)20-15-8-4-9(17)10(18)5-12(8)21-14(7)13(15)19/h1-5,13-19H/t13-,14-,15-/m1/s1. The minimum absolute atomic E-state index is 0.0528. The van der Waals surface area contributed by atoms with Gasteiger partial charge in [0.2, 0.25) is 0 Å². The molecule has 0 unspecified atom stereocenters. The lowest BCUT2D eigenvalue weighted by atomic mass is 9.89. The number of aliphatic hydroxyl groups is 1. The number of aromatic hydroxyl groups is 3. The molecule has 108 valence electrons. The van der Waals surface area contributed by atoms with Gasteiger partial charge >= 0.3 is 0 Å². The highest BCUT2D eigenvalue weighted by molar-refractivity contribution is 5.54. The van der Waals surface area contributed by atoms with Gasteiger partial charge in [-0.3, -0.25) is 0 Å². The van der Waals surface area contributed by atoms with Gasteiger partial charge in [0.1, 0.15) is 23.4 Å². The van der Waals surface area contributed by atoms with Gasteiger partial charge in [0, 0.05) is 23.3 Å². The smallest absolute Gasteiger partial charge is 0.161 e. The number of benzene rings is 2. The maximum atomic E-state index is 10.4. The van der Waals surface area contributed by atoms with E-state index in [1.807, 2.05) is 0 Å². The molecule has 0 fully saturated rings. The van der Waals surface area contributed by atoms with Crippen molar-refractivity contribution in [2.45, 2.75) is 18.3 Å². The number of fused-ring (bicyclic) bond motifs is 6. The number of hydrogen-bond donors (Lipinski definition) is 4. The average molecular weight is 288 g/mol. The molecule has 4 N–H and O–H groups in total. The molecule has 2 heterocycles. The van der Waals surface area contributed by atoms with Gasteiger partial charge in [0.25, 0.3) is 0 Å². The summed E-state index contributed by atoms with van der Waals surface area (Å²) in [4.78, 5) is 0. The first-order chi connectivity index (χ1) is 10.0. The summed E-state index contributed by atoms with van der Waals surface area (Å²) in [7, 11) is 0. The third kappa shape index (κ3) is 1.62. The summed E-state index contributed by atoms with van der Waals surface area (Å²) in [6, 6.07) is 7.17. The Bertz CT molecular complexity index is 741. The third-order valence-electron chi connectivity index (χ3n) is 3.85. The molecular weight excluding hydrogens is 276 g/mol. The van der Waals surface area contributed by atoms with Crippen LogP contribution in [0.15, 0.2) is 30.3 Å². The fourth-order valence-electron chi connectivity index (χ4n) is 2.83. The summed E-state index contributed by atoms with van der Waals surface area (Å²) in [6.07, 6.45) is -2.34. The SMILES string of the molecule is Oc1ccc2c(c1)O[C@@H]1c3cc(O)c(O)cc3O[C@H]2[C@H]1O. The van der Waals surface area contributed by atoms with E-state index in [2.05, 4.69) is 0 Å². The highest BCUT2D eigenvalue weighted by atomic mass is 16.5. The van der Waals surface area contributed by atoms with Crippen molar-refractivity contribution in [1.29, 1.82) is 0 Å². The summed E-state index contributed by atoms with van der Waals surface area (Å²) in [5.41, 5.74) is 1.07. The van der Waals surface area contributed by atoms with Crippen LogP contribution in [0.3, 0.4) is 0 Å². The maximum absolute atomic E-state index is 10.4. The predicted molar refractivity (Wildman–Crippen MR) is 70.6 cm³/mol. The van der Waals surface area contributed by atoms with Crippen LogP contribution >= 0.6 is 0 Å². The van der Waals surface area contributed by atoms with Crippen molar-refractivity contribution < 1.29 is 29.9 Å². The van der Waals surface area contributed by atoms with Gasteiger partial charge in [0.05, 0.1) is 0 Å². The minimum Gasteiger partial charge on any atom is -0.508 e. The Morgan fingerprint density at radius 1 is 0.762 bits per heavy atom. The van der Waals surface area contributed by atoms with E-state index in [4.69, 9.17) is 9.47 Å². The summed E-state index contributed by atoms with van der Waals surface area (Å²) in [6.45, 7) is 0. The van der Waals surface area contributed by atoms with E-state index >= 15 is 0 Å². The molecule has 21 heavy (non-hydrogen) atoms. The highest BCUT2D eigenvalue weighted by Gasteiger charge is 2.45. The number of aliphatic hydroxyl groups excluding tert-OH is 1. The molecule has 2 aromatic rings. The van der Waals surface area contributed by atoms with E-state index in [-0.39, 0.29) is 17.2 Å². The minimum atomic E-state index is -0.946. The largest absolute Gasteiger partial charge is 0.508 e. The van der Waals surface area contributed by atoms with Crippen LogP contribution < -0.4 is 9.47 Å². The summed E-state index contributed by atoms with van der Waals surface area (Å²) in [5.74, 6) is 0.220. The molecule has 0 saturated carbocycles. The van der Waals surface area contributed by atoms with Gasteiger partial charge in [-0.25, -0.2) is 0 Å². The molecule has 2 aliphatic heterocycles. The first-order valence-corrected chi connectivity index (χ1v) is 6.45. The van der Waals surface area contributed by atoms with Crippen molar-refractivity contribution in [3.63, 3.8) is 0 Å². The first kappa shape index (κ1) is 12.2. The number of ether oxygens (including phenoxy) is 2. The second-order valence-electron chi connectivity index (χ2n) is 5.17. The van der Waals surface area contributed by atoms with E-state index in [9.17, 15) is 20.4 Å². The van der Waals surface area contributed by atoms with E-state index in [0.29, 0.717) is 22.6 Å². The Morgan fingerprint density at radius 2 is 1.38 bits per heavy atom. The highest BCUT2D eigenvalue weighted by Crippen LogP contribution is 2.52. The zero-order chi connectivity index (χ0) is 14.7. The van der Waals surface area contributed by atoms with Crippen LogP contribution in [0.2, 0.25) is 0 Å². The van der Waals surface area contributed by atoms with Gasteiger partial charge in [-0.1, -0.05) is 0 Å². The normalized spacial score (nSPS) is 25.3. The van der Waals surface area contributed by atoms with Crippen LogP contribution in [0, 0.1) is 0 Å². The van der Waals surface area contributed by atoms with Crippen molar-refractivity contribution in [3.05, 3.63) is 41.5 Å². The molecule has 2 bridgehead atoms. The van der Waals surface area contributed by atoms with Gasteiger partial charge < -0.3 is 29.9 Å². The van der Waals surface area contributed by atoms with E-state index < -0.39 is 18.3 Å². The molecule has 0 amide bonds. The van der Waals surface area contributed by atoms with Crippen LogP contribution in [-0.2, 0) is 0 Å². The second-order valence-corrected chi connectivity index (χ2v) is 5.17. The van der Waals surface area contributed by atoms with Crippen molar-refractivity contribution in [3.8, 4) is 28.7 Å². The molecule has 0 aliphatic carbocycles. The lowest BCUT2D eigenvalue weighted by molar-refractivity contribution is -0.0770. The molecule has 2 aliphatic rings. The number of hydrogen-bond acceptors (Lipinski definition) is 6. The zero-order valence-corrected chi connectivity index (χ0v) is 10.7. The number of phenolic OH excluding ortho intramolecular Hbond substituents is 3. The van der Waals surface area contributed by atoms with E-state index in [1.165, 1.54) is 24.3 Å². The van der Waals surface area contributed by atoms with Gasteiger partial charge in [0.15, 0.2) is 23.7 Å². The molecule has 0 saturated heterocycles. The zero-order valence-electron chi connectivity index (χ0n) is 10.7. The Morgan fingerprint density at radius 3 is 2.14 bits per heavy atom. The third-order valence-corrected chi connectivity index (χ3v) is 3.85. The van der Waals surface area contributed by atoms with Crippen LogP contribution in [0.4, 0.5) is 0 Å². The Labute approximate surface area is 119 Å². The summed E-state index contributed by atoms with van der Waals surface area (Å²) >= 11 is 0. The molecule has 2 aromatic carbocycles. The molecule has 6 nitrogen and oxygen atoms in total. The summed E-state index contributed by atoms with van der Waals surface area (Å²) < 4.78 is 11.5. The Hall–Kier alpha value is -2.60. The molecule has 3 atom stereocenters. The predicted octanol–water partition coefficient (Wildman–Crippen LogP) is 1.73. The lowest BCUT2D eigenvalue weighted by Crippen LogP contribution is -2.40. The average Bonchev–Trinajstić information content (AvgIpc) is 2.43. The molecule has 6 heteroatoms. The van der Waals surface area contributed by atoms with Gasteiger partial charge in [-0.15, -0.1) is 0 Å². The number of phenols is 3. The van der Waals surface area contributed by atoms with Crippen LogP contribution in [0.25, 0.3) is 0 Å². The monoisotopic (exact) mass is 288 g/mol. The molecule has 0 aromatic heterocycles. The van der Waals surface area contributed by atoms with Crippen molar-refractivity contribution in [2.24, 2.45) is 0 Å². The fraction of sp³-hybridized carbons (Fsp3) is 0.200. The van der Waals surface area contributed by atoms with Crippen LogP contribution in [0.5, 0.6) is 28.7 Å².